The summed E-state index contributed by atoms with van der Waals surface area (Å²) in [5.74, 6) is 0.979. The fourth-order valence-corrected chi connectivity index (χ4v) is 2.87. The molecule has 0 spiro atoms. The summed E-state index contributed by atoms with van der Waals surface area (Å²) in [6.45, 7) is 0.434. The van der Waals surface area contributed by atoms with Crippen molar-refractivity contribution < 1.29 is 0 Å². The molecule has 1 aliphatic rings. The van der Waals surface area contributed by atoms with Gasteiger partial charge >= 0.3 is 0 Å². The Morgan fingerprint density at radius 3 is 2.86 bits per heavy atom. The summed E-state index contributed by atoms with van der Waals surface area (Å²) in [5, 5.41) is 0.715. The highest BCUT2D eigenvalue weighted by Gasteiger charge is 2.28. The van der Waals surface area contributed by atoms with Crippen LogP contribution in [0.3, 0.4) is 0 Å². The van der Waals surface area contributed by atoms with Crippen LogP contribution in [0.4, 0.5) is 0 Å². The second kappa shape index (κ2) is 4.83. The number of aromatic nitrogens is 3. The highest BCUT2D eigenvalue weighted by atomic mass is 35.5. The zero-order valence-corrected chi connectivity index (χ0v) is 12.2. The van der Waals surface area contributed by atoms with Gasteiger partial charge in [0.05, 0.1) is 16.7 Å². The third kappa shape index (κ3) is 2.20. The second-order valence-corrected chi connectivity index (χ2v) is 5.85. The minimum absolute atomic E-state index is 0.434. The zero-order chi connectivity index (χ0) is 14.4. The molecule has 2 heterocycles. The molecule has 5 heteroatoms. The zero-order valence-electron chi connectivity index (χ0n) is 11.5. The van der Waals surface area contributed by atoms with Crippen molar-refractivity contribution in [2.45, 2.75) is 25.4 Å². The molecular formula is C16H15ClN4. The van der Waals surface area contributed by atoms with Gasteiger partial charge in [0, 0.05) is 29.4 Å². The number of benzene rings is 1. The molecule has 106 valence electrons. The smallest absolute Gasteiger partial charge is 0.141 e. The first-order chi connectivity index (χ1) is 10.3. The molecule has 1 aliphatic carbocycles. The molecule has 2 N–H and O–H groups in total. The van der Waals surface area contributed by atoms with Gasteiger partial charge in [0.1, 0.15) is 5.82 Å². The van der Waals surface area contributed by atoms with Gasteiger partial charge in [-0.15, -0.1) is 0 Å². The molecule has 0 amide bonds. The van der Waals surface area contributed by atoms with Crippen LogP contribution in [0.15, 0.2) is 36.5 Å². The van der Waals surface area contributed by atoms with Gasteiger partial charge in [-0.25, -0.2) is 4.98 Å². The van der Waals surface area contributed by atoms with Crippen molar-refractivity contribution in [3.05, 3.63) is 47.2 Å². The number of halogens is 1. The predicted molar refractivity (Wildman–Crippen MR) is 84.1 cm³/mol. The molecule has 0 aliphatic heterocycles. The standard InChI is InChI=1S/C16H15ClN4/c17-11-1-4-15-14(8-11)20-16(21(15)13-2-3-13)10-5-6-19-12(7-10)9-18/h1,4-8,13H,2-3,9,18H2. The Morgan fingerprint density at radius 1 is 1.24 bits per heavy atom. The van der Waals surface area contributed by atoms with Crippen LogP contribution in [0.2, 0.25) is 5.02 Å². The number of hydrogen-bond acceptors (Lipinski definition) is 3. The topological polar surface area (TPSA) is 56.7 Å². The molecule has 4 rings (SSSR count). The van der Waals surface area contributed by atoms with E-state index in [0.29, 0.717) is 17.6 Å². The van der Waals surface area contributed by atoms with Crippen LogP contribution < -0.4 is 5.73 Å². The van der Waals surface area contributed by atoms with Crippen LogP contribution in [-0.4, -0.2) is 14.5 Å². The molecular weight excluding hydrogens is 284 g/mol. The second-order valence-electron chi connectivity index (χ2n) is 5.41. The first-order valence-electron chi connectivity index (χ1n) is 7.09. The first-order valence-corrected chi connectivity index (χ1v) is 7.47. The normalized spacial score (nSPS) is 14.8. The van der Waals surface area contributed by atoms with Gasteiger partial charge in [-0.3, -0.25) is 4.98 Å². The lowest BCUT2D eigenvalue weighted by Gasteiger charge is -2.08. The van der Waals surface area contributed by atoms with E-state index in [1.54, 1.807) is 6.20 Å². The van der Waals surface area contributed by atoms with Gasteiger partial charge in [-0.2, -0.15) is 0 Å². The minimum Gasteiger partial charge on any atom is -0.325 e. The van der Waals surface area contributed by atoms with E-state index in [9.17, 15) is 0 Å². The van der Waals surface area contributed by atoms with Crippen LogP contribution in [0.5, 0.6) is 0 Å². The van der Waals surface area contributed by atoms with E-state index in [0.717, 1.165) is 28.1 Å². The van der Waals surface area contributed by atoms with Crippen molar-refractivity contribution in [1.82, 2.24) is 14.5 Å². The number of imidazole rings is 1. The van der Waals surface area contributed by atoms with Gasteiger partial charge in [-0.05, 0) is 43.2 Å². The average molecular weight is 299 g/mol. The maximum atomic E-state index is 6.09. The van der Waals surface area contributed by atoms with Gasteiger partial charge in [0.15, 0.2) is 0 Å². The summed E-state index contributed by atoms with van der Waals surface area (Å²) in [7, 11) is 0. The molecule has 0 bridgehead atoms. The molecule has 21 heavy (non-hydrogen) atoms. The third-order valence-electron chi connectivity index (χ3n) is 3.85. The number of nitrogens with zero attached hydrogens (tertiary/aromatic N) is 3. The van der Waals surface area contributed by atoms with Crippen LogP contribution in [0, 0.1) is 0 Å². The fraction of sp³-hybridized carbons (Fsp3) is 0.250. The summed E-state index contributed by atoms with van der Waals surface area (Å²) in [6.07, 6.45) is 4.20. The van der Waals surface area contributed by atoms with Gasteiger partial charge in [-0.1, -0.05) is 11.6 Å². The Balaban J connectivity index is 1.96. The Labute approximate surface area is 127 Å². The van der Waals surface area contributed by atoms with E-state index in [1.165, 1.54) is 12.8 Å². The van der Waals surface area contributed by atoms with E-state index in [2.05, 4.69) is 15.6 Å². The number of pyridine rings is 1. The Bertz CT molecular complexity index is 820. The van der Waals surface area contributed by atoms with E-state index < -0.39 is 0 Å². The number of rotatable bonds is 3. The molecule has 2 aromatic heterocycles. The van der Waals surface area contributed by atoms with E-state index >= 15 is 0 Å². The van der Waals surface area contributed by atoms with Crippen LogP contribution in [0.25, 0.3) is 22.4 Å². The maximum Gasteiger partial charge on any atom is 0.141 e. The van der Waals surface area contributed by atoms with Crippen molar-refractivity contribution in [2.75, 3.05) is 0 Å². The molecule has 4 nitrogen and oxygen atoms in total. The lowest BCUT2D eigenvalue weighted by atomic mass is 10.2. The maximum absolute atomic E-state index is 6.09. The molecule has 3 aromatic rings. The summed E-state index contributed by atoms with van der Waals surface area (Å²) in [6, 6.07) is 10.4. The van der Waals surface area contributed by atoms with Crippen LogP contribution in [-0.2, 0) is 6.54 Å². The highest BCUT2D eigenvalue weighted by molar-refractivity contribution is 6.31. The Hall–Kier alpha value is -1.91. The highest BCUT2D eigenvalue weighted by Crippen LogP contribution is 2.41. The molecule has 1 saturated carbocycles. The Kier molecular flexibility index (Phi) is 2.94. The van der Waals surface area contributed by atoms with Gasteiger partial charge < -0.3 is 10.3 Å². The largest absolute Gasteiger partial charge is 0.325 e. The molecule has 1 fully saturated rings. The Morgan fingerprint density at radius 2 is 2.10 bits per heavy atom. The lowest BCUT2D eigenvalue weighted by molar-refractivity contribution is 0.774. The predicted octanol–water partition coefficient (Wildman–Crippen LogP) is 3.55. The van der Waals surface area contributed by atoms with Crippen molar-refractivity contribution in [2.24, 2.45) is 5.73 Å². The summed E-state index contributed by atoms with van der Waals surface area (Å²) < 4.78 is 2.32. The van der Waals surface area contributed by atoms with Gasteiger partial charge in [0.25, 0.3) is 0 Å². The summed E-state index contributed by atoms with van der Waals surface area (Å²) in [4.78, 5) is 9.05. The first kappa shape index (κ1) is 12.8. The quantitative estimate of drug-likeness (QED) is 0.804. The van der Waals surface area contributed by atoms with Crippen molar-refractivity contribution >= 4 is 22.6 Å². The van der Waals surface area contributed by atoms with Crippen LogP contribution >= 0.6 is 11.6 Å². The number of nitrogens with two attached hydrogens (primary N) is 1. The summed E-state index contributed by atoms with van der Waals surface area (Å²) in [5.41, 5.74) is 9.71. The third-order valence-corrected chi connectivity index (χ3v) is 4.08. The minimum atomic E-state index is 0.434. The number of fused-ring (bicyclic) bond motifs is 1. The van der Waals surface area contributed by atoms with E-state index in [1.807, 2.05) is 24.3 Å². The van der Waals surface area contributed by atoms with Crippen molar-refractivity contribution in [3.63, 3.8) is 0 Å². The average Bonchev–Trinajstić information content (AvgIpc) is 3.27. The van der Waals surface area contributed by atoms with Crippen molar-refractivity contribution in [3.8, 4) is 11.4 Å². The lowest BCUT2D eigenvalue weighted by Crippen LogP contribution is -2.01. The molecule has 1 aromatic carbocycles. The van der Waals surface area contributed by atoms with Crippen LogP contribution in [0.1, 0.15) is 24.6 Å². The van der Waals surface area contributed by atoms with E-state index in [4.69, 9.17) is 22.3 Å². The molecule has 0 radical (unpaired) electrons. The molecule has 0 unspecified atom stereocenters. The summed E-state index contributed by atoms with van der Waals surface area (Å²) >= 11 is 6.09. The van der Waals surface area contributed by atoms with Crippen molar-refractivity contribution in [1.29, 1.82) is 0 Å². The van der Waals surface area contributed by atoms with E-state index in [-0.39, 0.29) is 0 Å². The SMILES string of the molecule is NCc1cc(-c2nc3cc(Cl)ccc3n2C2CC2)ccn1. The van der Waals surface area contributed by atoms with Gasteiger partial charge in [0.2, 0.25) is 0 Å². The molecule has 0 atom stereocenters. The fourth-order valence-electron chi connectivity index (χ4n) is 2.71. The monoisotopic (exact) mass is 298 g/mol. The molecule has 0 saturated heterocycles. The number of hydrogen-bond donors (Lipinski definition) is 1.